The smallest absolute Gasteiger partial charge is 0.290 e. The molecule has 2 aromatic heterocycles. The Morgan fingerprint density at radius 3 is 2.45 bits per heavy atom. The summed E-state index contributed by atoms with van der Waals surface area (Å²) in [5.74, 6) is -1.14. The highest BCUT2D eigenvalue weighted by Crippen LogP contribution is 2.42. The van der Waals surface area contributed by atoms with Gasteiger partial charge in [-0.25, -0.2) is 0 Å². The van der Waals surface area contributed by atoms with Crippen molar-refractivity contribution < 1.29 is 23.5 Å². The number of halogens is 1. The Kier molecular flexibility index (Phi) is 5.71. The van der Waals surface area contributed by atoms with Gasteiger partial charge < -0.3 is 18.8 Å². The summed E-state index contributed by atoms with van der Waals surface area (Å²) in [4.78, 5) is 29.7. The van der Waals surface area contributed by atoms with Crippen molar-refractivity contribution >= 4 is 23.3 Å². The Morgan fingerprint density at radius 1 is 1.13 bits per heavy atom. The molecular weight excluding hydrogens is 420 g/mol. The fourth-order valence-electron chi connectivity index (χ4n) is 3.81. The number of hydrogen-bond donors (Lipinski definition) is 1. The lowest BCUT2D eigenvalue weighted by atomic mass is 9.94. The monoisotopic (exact) mass is 440 g/mol. The maximum Gasteiger partial charge on any atom is 0.290 e. The molecule has 1 aromatic carbocycles. The van der Waals surface area contributed by atoms with E-state index in [0.717, 1.165) is 0 Å². The highest BCUT2D eigenvalue weighted by molar-refractivity contribution is 6.31. The minimum absolute atomic E-state index is 0.0310. The van der Waals surface area contributed by atoms with E-state index in [-0.39, 0.29) is 23.9 Å². The van der Waals surface area contributed by atoms with E-state index >= 15 is 0 Å². The number of ketones is 1. The minimum atomic E-state index is -0.879. The zero-order chi connectivity index (χ0) is 22.1. The van der Waals surface area contributed by atoms with E-state index in [9.17, 15) is 14.7 Å². The van der Waals surface area contributed by atoms with Gasteiger partial charge in [-0.2, -0.15) is 0 Å². The van der Waals surface area contributed by atoms with Gasteiger partial charge in [-0.3, -0.25) is 14.5 Å². The molecule has 0 bridgehead atoms. The Balaban J connectivity index is 1.80. The molecule has 0 saturated carbocycles. The first-order valence-electron chi connectivity index (χ1n) is 9.66. The molecule has 0 aliphatic carbocycles. The van der Waals surface area contributed by atoms with Gasteiger partial charge in [0.1, 0.15) is 5.76 Å². The molecular formula is C23H21ClN2O5. The van der Waals surface area contributed by atoms with Crippen LogP contribution >= 0.6 is 11.6 Å². The number of nitrogens with zero attached hydrogens (tertiary/aromatic N) is 2. The lowest BCUT2D eigenvalue weighted by Crippen LogP contribution is -2.38. The second-order valence-electron chi connectivity index (χ2n) is 7.45. The van der Waals surface area contributed by atoms with Crippen molar-refractivity contribution in [2.45, 2.75) is 12.1 Å². The predicted octanol–water partition coefficient (Wildman–Crippen LogP) is 4.41. The van der Waals surface area contributed by atoms with Crippen LogP contribution in [0.15, 0.2) is 81.2 Å². The van der Waals surface area contributed by atoms with Gasteiger partial charge in [0.05, 0.1) is 30.2 Å². The van der Waals surface area contributed by atoms with Gasteiger partial charge in [-0.15, -0.1) is 0 Å². The van der Waals surface area contributed by atoms with Crippen molar-refractivity contribution in [3.05, 3.63) is 94.5 Å². The van der Waals surface area contributed by atoms with Crippen LogP contribution in [0.3, 0.4) is 0 Å². The van der Waals surface area contributed by atoms with E-state index in [0.29, 0.717) is 16.3 Å². The van der Waals surface area contributed by atoms with Gasteiger partial charge in [0.15, 0.2) is 11.5 Å². The summed E-state index contributed by atoms with van der Waals surface area (Å²) in [6.07, 6.45) is 2.92. The van der Waals surface area contributed by atoms with Crippen molar-refractivity contribution in [3.63, 3.8) is 0 Å². The molecule has 1 amide bonds. The molecule has 0 fully saturated rings. The second-order valence-corrected chi connectivity index (χ2v) is 7.85. The molecule has 3 heterocycles. The number of carbonyl (C=O) groups excluding carboxylic acids is 2. The molecule has 7 nitrogen and oxygen atoms in total. The second kappa shape index (κ2) is 8.45. The number of rotatable bonds is 7. The van der Waals surface area contributed by atoms with E-state index in [2.05, 4.69) is 0 Å². The molecule has 1 N–H and O–H groups in total. The Labute approximate surface area is 184 Å². The zero-order valence-electron chi connectivity index (χ0n) is 17.0. The van der Waals surface area contributed by atoms with Crippen LogP contribution in [0.2, 0.25) is 5.02 Å². The number of benzene rings is 1. The third kappa shape index (κ3) is 3.78. The number of hydrogen-bond acceptors (Lipinski definition) is 6. The molecule has 0 saturated heterocycles. The Morgan fingerprint density at radius 2 is 1.84 bits per heavy atom. The number of carbonyl (C=O) groups is 2. The molecule has 2 unspecified atom stereocenters. The highest BCUT2D eigenvalue weighted by Gasteiger charge is 2.46. The Hall–Kier alpha value is -3.29. The lowest BCUT2D eigenvalue weighted by Gasteiger charge is -2.32. The summed E-state index contributed by atoms with van der Waals surface area (Å²) in [6, 6.07) is 12.4. The van der Waals surface area contributed by atoms with Crippen molar-refractivity contribution in [1.29, 1.82) is 0 Å². The third-order valence-electron chi connectivity index (χ3n) is 5.36. The van der Waals surface area contributed by atoms with Crippen molar-refractivity contribution in [2.24, 2.45) is 0 Å². The van der Waals surface area contributed by atoms with E-state index in [1.807, 2.05) is 25.1 Å². The van der Waals surface area contributed by atoms with Crippen LogP contribution in [0.4, 0.5) is 0 Å². The van der Waals surface area contributed by atoms with E-state index in [1.54, 1.807) is 42.7 Å². The average Bonchev–Trinajstić information content (AvgIpc) is 3.50. The molecule has 2 atom stereocenters. The van der Waals surface area contributed by atoms with Gasteiger partial charge in [0, 0.05) is 11.6 Å². The Bertz CT molecular complexity index is 1120. The summed E-state index contributed by atoms with van der Waals surface area (Å²) in [5.41, 5.74) is 0.471. The van der Waals surface area contributed by atoms with Gasteiger partial charge in [-0.05, 0) is 50.0 Å². The van der Waals surface area contributed by atoms with Crippen molar-refractivity contribution in [1.82, 2.24) is 9.80 Å². The molecule has 3 aromatic rings. The van der Waals surface area contributed by atoms with Crippen molar-refractivity contribution in [3.8, 4) is 0 Å². The van der Waals surface area contributed by atoms with Gasteiger partial charge in [0.25, 0.3) is 5.91 Å². The first-order valence-corrected chi connectivity index (χ1v) is 10.0. The largest absolute Gasteiger partial charge is 0.503 e. The number of furan rings is 2. The number of likely N-dealkylation sites (N-methyl/N-ethyl adjacent to an activating group) is 1. The molecule has 31 heavy (non-hydrogen) atoms. The molecule has 0 radical (unpaired) electrons. The van der Waals surface area contributed by atoms with E-state index in [1.165, 1.54) is 17.2 Å². The number of aliphatic hydroxyl groups excluding tert-OH is 1. The fourth-order valence-corrected chi connectivity index (χ4v) is 4.05. The quantitative estimate of drug-likeness (QED) is 0.548. The third-order valence-corrected chi connectivity index (χ3v) is 5.70. The van der Waals surface area contributed by atoms with Crippen molar-refractivity contribution in [2.75, 3.05) is 20.6 Å². The predicted molar refractivity (Wildman–Crippen MR) is 114 cm³/mol. The summed E-state index contributed by atoms with van der Waals surface area (Å²) >= 11 is 6.45. The summed E-state index contributed by atoms with van der Waals surface area (Å²) in [5, 5.41) is 11.1. The van der Waals surface area contributed by atoms with Crippen LogP contribution in [0.1, 0.15) is 34.0 Å². The van der Waals surface area contributed by atoms with E-state index in [4.69, 9.17) is 20.4 Å². The van der Waals surface area contributed by atoms with Crippen LogP contribution < -0.4 is 0 Å². The lowest BCUT2D eigenvalue weighted by molar-refractivity contribution is -0.130. The molecule has 1 aliphatic heterocycles. The molecule has 4 rings (SSSR count). The van der Waals surface area contributed by atoms with Crippen LogP contribution in [-0.2, 0) is 4.79 Å². The summed E-state index contributed by atoms with van der Waals surface area (Å²) in [6.45, 7) is 0.161. The molecule has 160 valence electrons. The van der Waals surface area contributed by atoms with Crippen LogP contribution in [0.5, 0.6) is 0 Å². The maximum absolute atomic E-state index is 13.2. The van der Waals surface area contributed by atoms with Gasteiger partial charge >= 0.3 is 0 Å². The fraction of sp³-hybridized carbons (Fsp3) is 0.217. The summed E-state index contributed by atoms with van der Waals surface area (Å²) < 4.78 is 10.8. The van der Waals surface area contributed by atoms with Crippen LogP contribution in [0, 0.1) is 0 Å². The first kappa shape index (κ1) is 21.0. The molecule has 1 aliphatic rings. The first-order chi connectivity index (χ1) is 14.9. The topological polar surface area (TPSA) is 87.1 Å². The van der Waals surface area contributed by atoms with E-state index < -0.39 is 23.5 Å². The normalized spacial score (nSPS) is 17.6. The highest BCUT2D eigenvalue weighted by atomic mass is 35.5. The molecule has 8 heteroatoms. The standard InChI is InChI=1S/C23H21ClN2O5/c1-25(2)16(17-9-5-11-30-17)13-26-20(14-7-3-4-8-15(14)24)19(22(28)23(26)29)21(27)18-10-6-12-31-18/h3-12,16,20,28H,13H2,1-2H3. The maximum atomic E-state index is 13.2. The summed E-state index contributed by atoms with van der Waals surface area (Å²) in [7, 11) is 3.72. The van der Waals surface area contributed by atoms with Crippen LogP contribution in [-0.4, -0.2) is 47.2 Å². The SMILES string of the molecule is CN(C)C(CN1C(=O)C(O)=C(C(=O)c2ccco2)C1c1ccccc1Cl)c1ccco1. The number of Topliss-reactive ketones (excluding diaryl/α,β-unsaturated/α-hetero) is 1. The van der Waals surface area contributed by atoms with Crippen LogP contribution in [0.25, 0.3) is 0 Å². The van der Waals surface area contributed by atoms with Gasteiger partial charge in [-0.1, -0.05) is 29.8 Å². The zero-order valence-corrected chi connectivity index (χ0v) is 17.7. The van der Waals surface area contributed by atoms with Gasteiger partial charge in [0.2, 0.25) is 5.78 Å². The number of amides is 1. The minimum Gasteiger partial charge on any atom is -0.503 e. The number of aliphatic hydroxyl groups is 1. The molecule has 0 spiro atoms. The average molecular weight is 441 g/mol.